The first-order valence-electron chi connectivity index (χ1n) is 12.4. The first kappa shape index (κ1) is 25.3. The lowest BCUT2D eigenvalue weighted by Crippen LogP contribution is -2.43. The number of fused-ring (bicyclic) bond motifs is 1. The van der Waals surface area contributed by atoms with E-state index in [0.717, 1.165) is 54.9 Å². The highest BCUT2D eigenvalue weighted by Crippen LogP contribution is 2.34. The minimum atomic E-state index is -0.353. The van der Waals surface area contributed by atoms with Crippen molar-refractivity contribution in [3.8, 4) is 11.1 Å². The summed E-state index contributed by atoms with van der Waals surface area (Å²) in [7, 11) is 2.16. The van der Waals surface area contributed by atoms with Gasteiger partial charge >= 0.3 is 0 Å². The number of halogens is 2. The van der Waals surface area contributed by atoms with Crippen molar-refractivity contribution in [2.24, 2.45) is 0 Å². The maximum Gasteiger partial charge on any atom is 0.163 e. The van der Waals surface area contributed by atoms with Gasteiger partial charge in [0.2, 0.25) is 0 Å². The highest BCUT2D eigenvalue weighted by molar-refractivity contribution is 6.31. The second kappa shape index (κ2) is 10.6. The van der Waals surface area contributed by atoms with Gasteiger partial charge in [-0.15, -0.1) is 0 Å². The molecule has 0 bridgehead atoms. The fraction of sp³-hybridized carbons (Fsp3) is 0.267. The Bertz CT molecular complexity index is 1440. The molecule has 0 aliphatic carbocycles. The second-order valence-corrected chi connectivity index (χ2v) is 10.2. The molecule has 2 heterocycles. The lowest BCUT2D eigenvalue weighted by molar-refractivity contribution is 0.101. The average Bonchev–Trinajstić information content (AvgIpc) is 2.89. The first-order chi connectivity index (χ1) is 17.8. The van der Waals surface area contributed by atoms with Gasteiger partial charge in [-0.1, -0.05) is 29.8 Å². The first-order valence-corrected chi connectivity index (χ1v) is 12.8. The van der Waals surface area contributed by atoms with Crippen LogP contribution in [-0.2, 0) is 6.54 Å². The van der Waals surface area contributed by atoms with Crippen LogP contribution in [0.2, 0.25) is 5.02 Å². The van der Waals surface area contributed by atoms with E-state index in [1.54, 1.807) is 19.2 Å². The highest BCUT2D eigenvalue weighted by Gasteiger charge is 2.16. The Morgan fingerprint density at radius 1 is 1.03 bits per heavy atom. The molecule has 0 atom stereocenters. The Balaban J connectivity index is 1.48. The SMILES string of the molecule is CC(=O)c1cnc2ccc(-c3cc(F)c(C)c(Cl)c3)cc2c1Nc1ccc(CN2CCN(C)CC2)cc1. The van der Waals surface area contributed by atoms with Gasteiger partial charge in [0.05, 0.1) is 16.8 Å². The molecule has 0 unspecified atom stereocenters. The van der Waals surface area contributed by atoms with Crippen molar-refractivity contribution < 1.29 is 9.18 Å². The Kier molecular flexibility index (Phi) is 7.24. The average molecular weight is 517 g/mol. The van der Waals surface area contributed by atoms with Crippen molar-refractivity contribution in [3.05, 3.63) is 88.3 Å². The van der Waals surface area contributed by atoms with E-state index < -0.39 is 0 Å². The van der Waals surface area contributed by atoms with E-state index in [4.69, 9.17) is 11.6 Å². The fourth-order valence-electron chi connectivity index (χ4n) is 4.69. The molecule has 37 heavy (non-hydrogen) atoms. The summed E-state index contributed by atoms with van der Waals surface area (Å²) in [5, 5.41) is 4.62. The zero-order valence-electron chi connectivity index (χ0n) is 21.3. The number of nitrogens with one attached hydrogen (secondary N) is 1. The van der Waals surface area contributed by atoms with Crippen LogP contribution in [0.1, 0.15) is 28.4 Å². The predicted molar refractivity (Wildman–Crippen MR) is 149 cm³/mol. The molecular weight excluding hydrogens is 487 g/mol. The summed E-state index contributed by atoms with van der Waals surface area (Å²) >= 11 is 6.26. The van der Waals surface area contributed by atoms with Gasteiger partial charge in [-0.2, -0.15) is 0 Å². The molecule has 7 heteroatoms. The van der Waals surface area contributed by atoms with Crippen molar-refractivity contribution in [1.82, 2.24) is 14.8 Å². The van der Waals surface area contributed by atoms with Gasteiger partial charge in [0.1, 0.15) is 5.82 Å². The third-order valence-corrected chi connectivity index (χ3v) is 7.48. The van der Waals surface area contributed by atoms with Gasteiger partial charge in [0.25, 0.3) is 0 Å². The summed E-state index contributed by atoms with van der Waals surface area (Å²) in [6.45, 7) is 8.43. The number of aromatic nitrogens is 1. The standard InChI is InChI=1S/C30H30ClFN4O/c1-19-27(31)15-23(16-28(19)32)22-6-9-29-25(14-22)30(26(17-33-29)20(2)37)34-24-7-4-21(5-8-24)18-36-12-10-35(3)11-13-36/h4-9,14-17H,10-13,18H2,1-3H3,(H,33,34). The molecule has 1 saturated heterocycles. The van der Waals surface area contributed by atoms with Gasteiger partial charge < -0.3 is 10.2 Å². The molecule has 0 radical (unpaired) electrons. The number of Topliss-reactive ketones (excluding diaryl/α,β-unsaturated/α-hetero) is 1. The van der Waals surface area contributed by atoms with Gasteiger partial charge in [-0.25, -0.2) is 4.39 Å². The second-order valence-electron chi connectivity index (χ2n) is 9.80. The Morgan fingerprint density at radius 3 is 2.43 bits per heavy atom. The van der Waals surface area contributed by atoms with Crippen LogP contribution in [0, 0.1) is 12.7 Å². The molecule has 0 spiro atoms. The highest BCUT2D eigenvalue weighted by atomic mass is 35.5. The number of anilines is 2. The van der Waals surface area contributed by atoms with Crippen LogP contribution < -0.4 is 5.32 Å². The predicted octanol–water partition coefficient (Wildman–Crippen LogP) is 6.70. The smallest absolute Gasteiger partial charge is 0.163 e. The lowest BCUT2D eigenvalue weighted by atomic mass is 9.99. The molecular formula is C30H30ClFN4O. The molecule has 190 valence electrons. The molecule has 5 rings (SSSR count). The van der Waals surface area contributed by atoms with Crippen LogP contribution in [0.5, 0.6) is 0 Å². The molecule has 1 aliphatic rings. The van der Waals surface area contributed by atoms with Crippen molar-refractivity contribution in [2.45, 2.75) is 20.4 Å². The van der Waals surface area contributed by atoms with Crippen molar-refractivity contribution in [2.75, 3.05) is 38.5 Å². The fourth-order valence-corrected chi connectivity index (χ4v) is 4.90. The minimum absolute atomic E-state index is 0.0848. The molecule has 5 nitrogen and oxygen atoms in total. The van der Waals surface area contributed by atoms with Gasteiger partial charge in [-0.3, -0.25) is 14.7 Å². The summed E-state index contributed by atoms with van der Waals surface area (Å²) in [6, 6.07) is 17.3. The molecule has 1 aliphatic heterocycles. The molecule has 1 fully saturated rings. The molecule has 0 amide bonds. The molecule has 3 aromatic carbocycles. The van der Waals surface area contributed by atoms with E-state index in [2.05, 4.69) is 39.3 Å². The number of carbonyl (C=O) groups is 1. The molecule has 1 aromatic heterocycles. The van der Waals surface area contributed by atoms with Crippen LogP contribution in [0.3, 0.4) is 0 Å². The third kappa shape index (κ3) is 5.52. The lowest BCUT2D eigenvalue weighted by Gasteiger charge is -2.32. The monoisotopic (exact) mass is 516 g/mol. The summed E-state index contributed by atoms with van der Waals surface area (Å²) < 4.78 is 14.4. The largest absolute Gasteiger partial charge is 0.354 e. The Hall–Kier alpha value is -3.32. The Labute approximate surface area is 221 Å². The summed E-state index contributed by atoms with van der Waals surface area (Å²) in [5.74, 6) is -0.438. The van der Waals surface area contributed by atoms with Crippen LogP contribution >= 0.6 is 11.6 Å². The molecule has 0 saturated carbocycles. The molecule has 1 N–H and O–H groups in total. The summed E-state index contributed by atoms with van der Waals surface area (Å²) in [4.78, 5) is 21.8. The quantitative estimate of drug-likeness (QED) is 0.289. The zero-order chi connectivity index (χ0) is 26.1. The number of carbonyl (C=O) groups excluding carboxylic acids is 1. The summed E-state index contributed by atoms with van der Waals surface area (Å²) in [5.41, 5.74) is 5.94. The van der Waals surface area contributed by atoms with Crippen molar-refractivity contribution in [1.29, 1.82) is 0 Å². The number of hydrogen-bond donors (Lipinski definition) is 1. The van der Waals surface area contributed by atoms with Crippen LogP contribution in [0.25, 0.3) is 22.0 Å². The molecule has 4 aromatic rings. The topological polar surface area (TPSA) is 48.5 Å². The van der Waals surface area contributed by atoms with Crippen LogP contribution in [-0.4, -0.2) is 53.8 Å². The Morgan fingerprint density at radius 2 is 1.76 bits per heavy atom. The van der Waals surface area contributed by atoms with E-state index in [9.17, 15) is 9.18 Å². The number of rotatable bonds is 6. The van der Waals surface area contributed by atoms with Gasteiger partial charge in [0, 0.05) is 60.6 Å². The zero-order valence-corrected chi connectivity index (χ0v) is 22.1. The van der Waals surface area contributed by atoms with Gasteiger partial charge in [-0.05, 0) is 74.0 Å². The maximum absolute atomic E-state index is 14.4. The number of benzene rings is 3. The van der Waals surface area contributed by atoms with E-state index >= 15 is 0 Å². The third-order valence-electron chi connectivity index (χ3n) is 7.09. The van der Waals surface area contributed by atoms with Crippen molar-refractivity contribution in [3.63, 3.8) is 0 Å². The summed E-state index contributed by atoms with van der Waals surface area (Å²) in [6.07, 6.45) is 1.61. The number of hydrogen-bond acceptors (Lipinski definition) is 5. The maximum atomic E-state index is 14.4. The minimum Gasteiger partial charge on any atom is -0.354 e. The van der Waals surface area contributed by atoms with Crippen molar-refractivity contribution >= 4 is 39.7 Å². The number of likely N-dealkylation sites (N-methyl/N-ethyl adjacent to an activating group) is 1. The van der Waals surface area contributed by atoms with E-state index in [-0.39, 0.29) is 11.6 Å². The van der Waals surface area contributed by atoms with E-state index in [0.29, 0.717) is 27.4 Å². The number of ketones is 1. The number of piperazine rings is 1. The van der Waals surface area contributed by atoms with Gasteiger partial charge in [0.15, 0.2) is 5.78 Å². The number of pyridine rings is 1. The van der Waals surface area contributed by atoms with E-state index in [1.165, 1.54) is 18.6 Å². The normalized spacial score (nSPS) is 14.7. The van der Waals surface area contributed by atoms with E-state index in [1.807, 2.05) is 30.3 Å². The van der Waals surface area contributed by atoms with Crippen LogP contribution in [0.15, 0.2) is 60.8 Å². The number of nitrogens with zero attached hydrogens (tertiary/aromatic N) is 3. The van der Waals surface area contributed by atoms with Crippen LogP contribution in [0.4, 0.5) is 15.8 Å².